The van der Waals surface area contributed by atoms with Gasteiger partial charge in [-0.3, -0.25) is 0 Å². The van der Waals surface area contributed by atoms with Gasteiger partial charge in [-0.25, -0.2) is 0 Å². The first-order chi connectivity index (χ1) is 6.90. The summed E-state index contributed by atoms with van der Waals surface area (Å²) < 4.78 is 0. The molecule has 2 rings (SSSR count). The molecule has 0 spiro atoms. The third-order valence-corrected chi connectivity index (χ3v) is 3.64. The fourth-order valence-electron chi connectivity index (χ4n) is 2.58. The molecule has 0 aliphatic heterocycles. The van der Waals surface area contributed by atoms with Crippen LogP contribution in [0.3, 0.4) is 0 Å². The van der Waals surface area contributed by atoms with E-state index in [-0.39, 0.29) is 0 Å². The summed E-state index contributed by atoms with van der Waals surface area (Å²) >= 11 is 0. The normalized spacial score (nSPS) is 27.5. The number of hydrogen-bond donors (Lipinski definition) is 0. The Kier molecular flexibility index (Phi) is 3.23. The molecule has 0 heterocycles. The van der Waals surface area contributed by atoms with Crippen LogP contribution in [0.15, 0.2) is 24.3 Å². The molecule has 1 fully saturated rings. The van der Waals surface area contributed by atoms with Crippen molar-refractivity contribution in [3.8, 4) is 0 Å². The Morgan fingerprint density at radius 2 is 1.79 bits per heavy atom. The summed E-state index contributed by atoms with van der Waals surface area (Å²) in [6.07, 6.45) is 7.01. The standard InChI is InChI=1S/C14H19/c1-2-12-8-10-14(11-9-12)13-6-4-3-5-7-13/h4-7,12,14H,2,8-11H2,1H3. The van der Waals surface area contributed by atoms with Crippen LogP contribution in [-0.2, 0) is 0 Å². The average Bonchev–Trinajstić information content (AvgIpc) is 2.30. The minimum Gasteiger partial charge on any atom is -0.0651 e. The molecule has 0 atom stereocenters. The maximum absolute atomic E-state index is 3.09. The average molecular weight is 187 g/mol. The molecule has 1 aliphatic carbocycles. The first kappa shape index (κ1) is 9.76. The fourth-order valence-corrected chi connectivity index (χ4v) is 2.58. The molecular formula is C14H19. The number of rotatable bonds is 2. The van der Waals surface area contributed by atoms with Crippen LogP contribution in [0.25, 0.3) is 0 Å². The lowest BCUT2D eigenvalue weighted by Gasteiger charge is -2.27. The quantitative estimate of drug-likeness (QED) is 0.652. The van der Waals surface area contributed by atoms with E-state index in [1.54, 1.807) is 0 Å². The highest BCUT2D eigenvalue weighted by atomic mass is 14.3. The van der Waals surface area contributed by atoms with Gasteiger partial charge < -0.3 is 0 Å². The highest BCUT2D eigenvalue weighted by Crippen LogP contribution is 2.36. The predicted molar refractivity (Wildman–Crippen MR) is 60.3 cm³/mol. The van der Waals surface area contributed by atoms with Gasteiger partial charge in [0.2, 0.25) is 0 Å². The lowest BCUT2D eigenvalue weighted by molar-refractivity contribution is 0.319. The Bertz CT molecular complexity index is 255. The van der Waals surface area contributed by atoms with Gasteiger partial charge in [-0.1, -0.05) is 37.6 Å². The van der Waals surface area contributed by atoms with Crippen LogP contribution < -0.4 is 0 Å². The lowest BCUT2D eigenvalue weighted by Crippen LogP contribution is -2.12. The third kappa shape index (κ3) is 2.17. The Morgan fingerprint density at radius 3 is 2.36 bits per heavy atom. The molecule has 1 aromatic carbocycles. The Balaban J connectivity index is 1.96. The van der Waals surface area contributed by atoms with Gasteiger partial charge in [0.1, 0.15) is 0 Å². The third-order valence-electron chi connectivity index (χ3n) is 3.64. The van der Waals surface area contributed by atoms with E-state index in [9.17, 15) is 0 Å². The molecule has 75 valence electrons. The van der Waals surface area contributed by atoms with E-state index in [2.05, 4.69) is 25.1 Å². The van der Waals surface area contributed by atoms with Crippen molar-refractivity contribution >= 4 is 0 Å². The highest BCUT2D eigenvalue weighted by molar-refractivity contribution is 5.19. The van der Waals surface area contributed by atoms with Gasteiger partial charge in [-0.05, 0) is 49.1 Å². The zero-order valence-electron chi connectivity index (χ0n) is 9.00. The van der Waals surface area contributed by atoms with Crippen LogP contribution in [-0.4, -0.2) is 0 Å². The van der Waals surface area contributed by atoms with E-state index in [0.717, 1.165) is 11.8 Å². The zero-order valence-corrected chi connectivity index (χ0v) is 9.00. The van der Waals surface area contributed by atoms with Crippen molar-refractivity contribution in [2.75, 3.05) is 0 Å². The van der Waals surface area contributed by atoms with Crippen molar-refractivity contribution in [2.45, 2.75) is 44.9 Å². The summed E-state index contributed by atoms with van der Waals surface area (Å²) in [6.45, 7) is 2.32. The van der Waals surface area contributed by atoms with E-state index >= 15 is 0 Å². The number of benzene rings is 1. The molecule has 1 aromatic rings. The molecule has 0 aromatic heterocycles. The molecule has 1 saturated carbocycles. The molecule has 0 nitrogen and oxygen atoms in total. The molecule has 0 bridgehead atoms. The molecule has 0 heteroatoms. The van der Waals surface area contributed by atoms with E-state index in [1.807, 2.05) is 12.1 Å². The first-order valence-corrected chi connectivity index (χ1v) is 5.86. The largest absolute Gasteiger partial charge is 0.0651 e. The van der Waals surface area contributed by atoms with Crippen molar-refractivity contribution in [1.29, 1.82) is 0 Å². The van der Waals surface area contributed by atoms with Gasteiger partial charge in [0.05, 0.1) is 0 Å². The monoisotopic (exact) mass is 187 g/mol. The van der Waals surface area contributed by atoms with Gasteiger partial charge in [-0.15, -0.1) is 0 Å². The summed E-state index contributed by atoms with van der Waals surface area (Å²) in [5.74, 6) is 1.83. The van der Waals surface area contributed by atoms with E-state index in [0.29, 0.717) is 0 Å². The predicted octanol–water partition coefficient (Wildman–Crippen LogP) is 4.17. The van der Waals surface area contributed by atoms with Gasteiger partial charge in [-0.2, -0.15) is 0 Å². The molecule has 1 aliphatic rings. The summed E-state index contributed by atoms with van der Waals surface area (Å²) in [4.78, 5) is 0. The Labute approximate surface area is 87.3 Å². The van der Waals surface area contributed by atoms with Crippen LogP contribution in [0.4, 0.5) is 0 Å². The van der Waals surface area contributed by atoms with Crippen molar-refractivity contribution in [1.82, 2.24) is 0 Å². The maximum Gasteiger partial charge on any atom is -0.0162 e. The summed E-state index contributed by atoms with van der Waals surface area (Å²) in [5, 5.41) is 0. The smallest absolute Gasteiger partial charge is 0.0162 e. The second kappa shape index (κ2) is 4.63. The van der Waals surface area contributed by atoms with Crippen molar-refractivity contribution in [3.63, 3.8) is 0 Å². The molecule has 0 unspecified atom stereocenters. The SMILES string of the molecule is CCC1CCC(c2cc[c]cc2)CC1. The van der Waals surface area contributed by atoms with Crippen molar-refractivity contribution < 1.29 is 0 Å². The number of hydrogen-bond acceptors (Lipinski definition) is 0. The van der Waals surface area contributed by atoms with E-state index in [4.69, 9.17) is 0 Å². The molecule has 0 amide bonds. The Hall–Kier alpha value is -0.780. The van der Waals surface area contributed by atoms with Gasteiger partial charge in [0, 0.05) is 0 Å². The minimum atomic E-state index is 0.826. The Morgan fingerprint density at radius 1 is 1.14 bits per heavy atom. The van der Waals surface area contributed by atoms with Gasteiger partial charge in [0.15, 0.2) is 0 Å². The van der Waals surface area contributed by atoms with Crippen molar-refractivity contribution in [2.24, 2.45) is 5.92 Å². The van der Waals surface area contributed by atoms with Crippen LogP contribution in [0.2, 0.25) is 0 Å². The first-order valence-electron chi connectivity index (χ1n) is 5.86. The lowest BCUT2D eigenvalue weighted by atomic mass is 9.78. The topological polar surface area (TPSA) is 0 Å². The highest BCUT2D eigenvalue weighted by Gasteiger charge is 2.20. The molecule has 14 heavy (non-hydrogen) atoms. The molecular weight excluding hydrogens is 168 g/mol. The van der Waals surface area contributed by atoms with Crippen LogP contribution in [0, 0.1) is 12.0 Å². The molecule has 1 radical (unpaired) electrons. The van der Waals surface area contributed by atoms with Crippen LogP contribution >= 0.6 is 0 Å². The van der Waals surface area contributed by atoms with Crippen LogP contribution in [0.5, 0.6) is 0 Å². The fraction of sp³-hybridized carbons (Fsp3) is 0.571. The van der Waals surface area contributed by atoms with E-state index < -0.39 is 0 Å². The second-order valence-corrected chi connectivity index (χ2v) is 4.46. The summed E-state index contributed by atoms with van der Waals surface area (Å²) in [7, 11) is 0. The molecule has 0 saturated heterocycles. The van der Waals surface area contributed by atoms with Crippen molar-refractivity contribution in [3.05, 3.63) is 35.9 Å². The zero-order chi connectivity index (χ0) is 9.80. The van der Waals surface area contributed by atoms with Crippen LogP contribution in [0.1, 0.15) is 50.5 Å². The summed E-state index contributed by atoms with van der Waals surface area (Å²) in [5.41, 5.74) is 1.53. The minimum absolute atomic E-state index is 0.826. The van der Waals surface area contributed by atoms with E-state index in [1.165, 1.54) is 37.7 Å². The second-order valence-electron chi connectivity index (χ2n) is 4.46. The van der Waals surface area contributed by atoms with Gasteiger partial charge in [0.25, 0.3) is 0 Å². The molecule has 0 N–H and O–H groups in total. The van der Waals surface area contributed by atoms with Gasteiger partial charge >= 0.3 is 0 Å². The maximum atomic E-state index is 3.09. The summed E-state index contributed by atoms with van der Waals surface area (Å²) in [6, 6.07) is 11.6.